The minimum Gasteiger partial charge on any atom is -0.353 e. The number of carbonyl (C=O) groups is 1. The summed E-state index contributed by atoms with van der Waals surface area (Å²) < 4.78 is 11.8. The Balaban J connectivity index is 1.83. The van der Waals surface area contributed by atoms with Crippen molar-refractivity contribution in [2.45, 2.75) is 31.2 Å². The van der Waals surface area contributed by atoms with Crippen LogP contribution in [0.4, 0.5) is 0 Å². The van der Waals surface area contributed by atoms with Crippen molar-refractivity contribution in [1.82, 2.24) is 5.32 Å². The first-order chi connectivity index (χ1) is 8.67. The molecule has 0 radical (unpaired) electrons. The highest BCUT2D eigenvalue weighted by Crippen LogP contribution is 2.18. The standard InChI is InChI=1S/C13H18N2O2S/c14-7-10-2-1-3-11(6-10)8-18(17)9-13(16)15-12-4-5-12/h1-3,6,12H,4-5,7-9,14H2,(H,15,16). The van der Waals surface area contributed by atoms with Crippen LogP contribution in [0.2, 0.25) is 0 Å². The molecule has 1 aliphatic rings. The van der Waals surface area contributed by atoms with Crippen LogP contribution in [0.15, 0.2) is 24.3 Å². The third-order valence-corrected chi connectivity index (χ3v) is 4.03. The molecule has 1 aliphatic carbocycles. The molecule has 18 heavy (non-hydrogen) atoms. The molecule has 1 atom stereocenters. The van der Waals surface area contributed by atoms with Gasteiger partial charge in [0.2, 0.25) is 5.91 Å². The maximum absolute atomic E-state index is 11.8. The molecule has 1 aromatic carbocycles. The average Bonchev–Trinajstić information content (AvgIpc) is 3.12. The van der Waals surface area contributed by atoms with E-state index in [1.165, 1.54) is 0 Å². The summed E-state index contributed by atoms with van der Waals surface area (Å²) in [5.41, 5.74) is 7.54. The zero-order chi connectivity index (χ0) is 13.0. The molecule has 2 rings (SSSR count). The molecule has 1 saturated carbocycles. The molecule has 1 amide bonds. The predicted octanol–water partition coefficient (Wildman–Crippen LogP) is 0.673. The van der Waals surface area contributed by atoms with Gasteiger partial charge >= 0.3 is 0 Å². The first-order valence-corrected chi connectivity index (χ1v) is 7.58. The lowest BCUT2D eigenvalue weighted by Crippen LogP contribution is -2.30. The Morgan fingerprint density at radius 2 is 2.11 bits per heavy atom. The van der Waals surface area contributed by atoms with Gasteiger partial charge < -0.3 is 11.1 Å². The maximum Gasteiger partial charge on any atom is 0.232 e. The van der Waals surface area contributed by atoms with E-state index in [-0.39, 0.29) is 11.7 Å². The van der Waals surface area contributed by atoms with Gasteiger partial charge in [-0.05, 0) is 24.0 Å². The Hall–Kier alpha value is -1.20. The van der Waals surface area contributed by atoms with E-state index in [2.05, 4.69) is 5.32 Å². The van der Waals surface area contributed by atoms with Crippen LogP contribution in [0.1, 0.15) is 24.0 Å². The molecule has 3 N–H and O–H groups in total. The number of hydrogen-bond donors (Lipinski definition) is 2. The van der Waals surface area contributed by atoms with E-state index in [1.54, 1.807) is 0 Å². The van der Waals surface area contributed by atoms with Crippen LogP contribution in [-0.4, -0.2) is 21.9 Å². The topological polar surface area (TPSA) is 72.2 Å². The molecular weight excluding hydrogens is 248 g/mol. The minimum atomic E-state index is -1.15. The van der Waals surface area contributed by atoms with Gasteiger partial charge in [-0.25, -0.2) is 0 Å². The largest absolute Gasteiger partial charge is 0.353 e. The van der Waals surface area contributed by atoms with Crippen LogP contribution in [0.25, 0.3) is 0 Å². The molecule has 0 aromatic heterocycles. The van der Waals surface area contributed by atoms with Crippen molar-refractivity contribution in [2.75, 3.05) is 5.75 Å². The van der Waals surface area contributed by atoms with Gasteiger partial charge in [-0.2, -0.15) is 0 Å². The van der Waals surface area contributed by atoms with Gasteiger partial charge in [0.1, 0.15) is 5.75 Å². The normalized spacial score (nSPS) is 16.3. The summed E-state index contributed by atoms with van der Waals surface area (Å²) in [5, 5.41) is 2.84. The second-order valence-corrected chi connectivity index (χ2v) is 6.05. The lowest BCUT2D eigenvalue weighted by molar-refractivity contribution is -0.118. The Labute approximate surface area is 109 Å². The quantitative estimate of drug-likeness (QED) is 0.795. The fourth-order valence-electron chi connectivity index (χ4n) is 1.73. The van der Waals surface area contributed by atoms with E-state index in [0.29, 0.717) is 18.3 Å². The molecule has 1 fully saturated rings. The van der Waals surface area contributed by atoms with E-state index < -0.39 is 10.8 Å². The number of nitrogens with two attached hydrogens (primary N) is 1. The Bertz CT molecular complexity index is 458. The van der Waals surface area contributed by atoms with Crippen LogP contribution in [0.5, 0.6) is 0 Å². The van der Waals surface area contributed by atoms with E-state index >= 15 is 0 Å². The number of hydrogen-bond acceptors (Lipinski definition) is 3. The lowest BCUT2D eigenvalue weighted by Gasteiger charge is -2.05. The highest BCUT2D eigenvalue weighted by Gasteiger charge is 2.23. The maximum atomic E-state index is 11.8. The third kappa shape index (κ3) is 4.23. The summed E-state index contributed by atoms with van der Waals surface area (Å²) in [6.07, 6.45) is 2.11. The molecule has 0 aliphatic heterocycles. The number of amides is 1. The molecule has 5 heteroatoms. The molecule has 1 aromatic rings. The molecule has 0 bridgehead atoms. The van der Waals surface area contributed by atoms with Crippen molar-refractivity contribution in [3.05, 3.63) is 35.4 Å². The smallest absolute Gasteiger partial charge is 0.232 e. The summed E-state index contributed by atoms with van der Waals surface area (Å²) in [5.74, 6) is 0.390. The SMILES string of the molecule is NCc1cccc(CS(=O)CC(=O)NC2CC2)c1. The number of benzene rings is 1. The van der Waals surface area contributed by atoms with Crippen LogP contribution < -0.4 is 11.1 Å². The van der Waals surface area contributed by atoms with Gasteiger partial charge in [0, 0.05) is 29.1 Å². The highest BCUT2D eigenvalue weighted by atomic mass is 32.2. The number of carbonyl (C=O) groups excluding carboxylic acids is 1. The first-order valence-electron chi connectivity index (χ1n) is 6.09. The summed E-state index contributed by atoms with van der Waals surface area (Å²) in [6.45, 7) is 0.475. The molecule has 4 nitrogen and oxygen atoms in total. The highest BCUT2D eigenvalue weighted by molar-refractivity contribution is 7.84. The van der Waals surface area contributed by atoms with Gasteiger partial charge in [0.15, 0.2) is 0 Å². The Morgan fingerprint density at radius 3 is 2.78 bits per heavy atom. The Kier molecular flexibility index (Phi) is 4.49. The molecule has 1 unspecified atom stereocenters. The van der Waals surface area contributed by atoms with Crippen molar-refractivity contribution < 1.29 is 9.00 Å². The molecular formula is C13H18N2O2S. The van der Waals surface area contributed by atoms with Crippen LogP contribution in [-0.2, 0) is 27.9 Å². The summed E-state index contributed by atoms with van der Waals surface area (Å²) in [7, 11) is -1.15. The van der Waals surface area contributed by atoms with Gasteiger partial charge in [-0.15, -0.1) is 0 Å². The van der Waals surface area contributed by atoms with Crippen molar-refractivity contribution in [2.24, 2.45) is 5.73 Å². The molecule has 0 spiro atoms. The minimum absolute atomic E-state index is 0.0867. The van der Waals surface area contributed by atoms with E-state index in [0.717, 1.165) is 24.0 Å². The van der Waals surface area contributed by atoms with Gasteiger partial charge in [-0.3, -0.25) is 9.00 Å². The first kappa shape index (κ1) is 13.2. The second-order valence-electron chi connectivity index (χ2n) is 4.59. The van der Waals surface area contributed by atoms with E-state index in [4.69, 9.17) is 5.73 Å². The van der Waals surface area contributed by atoms with Crippen LogP contribution >= 0.6 is 0 Å². The van der Waals surface area contributed by atoms with Gasteiger partial charge in [0.05, 0.1) is 0 Å². The van der Waals surface area contributed by atoms with Crippen LogP contribution in [0, 0.1) is 0 Å². The van der Waals surface area contributed by atoms with E-state index in [9.17, 15) is 9.00 Å². The van der Waals surface area contributed by atoms with Crippen molar-refractivity contribution in [3.63, 3.8) is 0 Å². The van der Waals surface area contributed by atoms with Gasteiger partial charge in [-0.1, -0.05) is 24.3 Å². The number of rotatable bonds is 6. The molecule has 0 saturated heterocycles. The average molecular weight is 266 g/mol. The molecule has 0 heterocycles. The number of nitrogens with one attached hydrogen (secondary N) is 1. The zero-order valence-electron chi connectivity index (χ0n) is 10.2. The van der Waals surface area contributed by atoms with Crippen molar-refractivity contribution in [1.29, 1.82) is 0 Å². The zero-order valence-corrected chi connectivity index (χ0v) is 11.0. The summed E-state index contributed by atoms with van der Waals surface area (Å²) in [6, 6.07) is 8.02. The Morgan fingerprint density at radius 1 is 1.39 bits per heavy atom. The van der Waals surface area contributed by atoms with Crippen LogP contribution in [0.3, 0.4) is 0 Å². The third-order valence-electron chi connectivity index (χ3n) is 2.79. The van der Waals surface area contributed by atoms with E-state index in [1.807, 2.05) is 24.3 Å². The summed E-state index contributed by atoms with van der Waals surface area (Å²) >= 11 is 0. The monoisotopic (exact) mass is 266 g/mol. The fraction of sp³-hybridized carbons (Fsp3) is 0.462. The van der Waals surface area contributed by atoms with Gasteiger partial charge in [0.25, 0.3) is 0 Å². The van der Waals surface area contributed by atoms with Crippen molar-refractivity contribution in [3.8, 4) is 0 Å². The second kappa shape index (κ2) is 6.11. The predicted molar refractivity (Wildman–Crippen MR) is 72.2 cm³/mol. The van der Waals surface area contributed by atoms with Crippen molar-refractivity contribution >= 4 is 16.7 Å². The lowest BCUT2D eigenvalue weighted by atomic mass is 10.1. The molecule has 98 valence electrons. The fourth-order valence-corrected chi connectivity index (χ4v) is 2.76. The summed E-state index contributed by atoms with van der Waals surface area (Å²) in [4.78, 5) is 11.5.